The zero-order valence-electron chi connectivity index (χ0n) is 19.0. The Morgan fingerprint density at radius 2 is 1.74 bits per heavy atom. The zero-order valence-corrected chi connectivity index (χ0v) is 19.8. The molecule has 11 heteroatoms. The molecule has 2 heterocycles. The van der Waals surface area contributed by atoms with Gasteiger partial charge in [0.25, 0.3) is 0 Å². The number of nitrogens with zero attached hydrogens (tertiary/aromatic N) is 2. The van der Waals surface area contributed by atoms with Gasteiger partial charge in [0.05, 0.1) is 29.9 Å². The van der Waals surface area contributed by atoms with Crippen molar-refractivity contribution in [1.29, 1.82) is 0 Å². The molecule has 2 aromatic carbocycles. The van der Waals surface area contributed by atoms with Crippen molar-refractivity contribution in [3.05, 3.63) is 78.3 Å². The summed E-state index contributed by atoms with van der Waals surface area (Å²) in [5.74, 6) is 1.35. The van der Waals surface area contributed by atoms with E-state index in [4.69, 9.17) is 9.15 Å². The summed E-state index contributed by atoms with van der Waals surface area (Å²) in [7, 11) is -2.55. The highest BCUT2D eigenvalue weighted by molar-refractivity contribution is 7.89. The van der Waals surface area contributed by atoms with Gasteiger partial charge in [0.2, 0.25) is 10.0 Å². The van der Waals surface area contributed by atoms with Crippen LogP contribution in [0.25, 0.3) is 0 Å². The molecule has 0 spiro atoms. The van der Waals surface area contributed by atoms with E-state index in [0.717, 1.165) is 29.6 Å². The second-order valence-electron chi connectivity index (χ2n) is 8.13. The molecule has 1 aliphatic rings. The average Bonchev–Trinajstić information content (AvgIpc) is 3.39. The zero-order chi connectivity index (χ0) is 25.1. The fourth-order valence-corrected chi connectivity index (χ4v) is 5.17. The Kier molecular flexibility index (Phi) is 7.39. The maximum Gasteiger partial charge on any atom is 0.416 e. The number of benzene rings is 2. The van der Waals surface area contributed by atoms with Crippen molar-refractivity contribution in [2.75, 3.05) is 44.7 Å². The number of halogens is 3. The van der Waals surface area contributed by atoms with Gasteiger partial charge in [-0.3, -0.25) is 4.90 Å². The Morgan fingerprint density at radius 1 is 1.03 bits per heavy atom. The number of rotatable bonds is 8. The summed E-state index contributed by atoms with van der Waals surface area (Å²) in [5.41, 5.74) is 0.0443. The quantitative estimate of drug-likeness (QED) is 0.492. The van der Waals surface area contributed by atoms with Gasteiger partial charge < -0.3 is 14.1 Å². The number of alkyl halides is 3. The number of anilines is 1. The Labute approximate surface area is 202 Å². The van der Waals surface area contributed by atoms with Crippen molar-refractivity contribution in [1.82, 2.24) is 9.62 Å². The largest absolute Gasteiger partial charge is 0.497 e. The summed E-state index contributed by atoms with van der Waals surface area (Å²) in [6.45, 7) is 2.66. The van der Waals surface area contributed by atoms with Crippen LogP contribution in [-0.2, 0) is 16.2 Å². The minimum atomic E-state index is -4.63. The number of nitrogens with one attached hydrogen (secondary N) is 1. The summed E-state index contributed by atoms with van der Waals surface area (Å²) < 4.78 is 78.0. The number of hydrogen-bond acceptors (Lipinski definition) is 6. The second kappa shape index (κ2) is 10.3. The molecule has 0 radical (unpaired) electrons. The Bertz CT molecular complexity index is 1210. The van der Waals surface area contributed by atoms with Crippen LogP contribution in [0.2, 0.25) is 0 Å². The van der Waals surface area contributed by atoms with E-state index in [0.29, 0.717) is 38.0 Å². The summed E-state index contributed by atoms with van der Waals surface area (Å²) in [6.07, 6.45) is -3.12. The lowest BCUT2D eigenvalue weighted by Gasteiger charge is -2.39. The lowest BCUT2D eigenvalue weighted by atomic mass is 10.1. The molecule has 0 aliphatic carbocycles. The standard InChI is InChI=1S/C24H26F3N3O4S/c1-33-20-9-7-19(8-10-20)29-11-13-30(14-12-29)22(23-6-3-15-34-23)17-28-35(31,32)21-5-2-4-18(16-21)24(25,26)27/h2-10,15-16,22,28H,11-14,17H2,1H3. The van der Waals surface area contributed by atoms with Crippen LogP contribution in [0.3, 0.4) is 0 Å². The topological polar surface area (TPSA) is 75.0 Å². The first-order valence-electron chi connectivity index (χ1n) is 11.0. The summed E-state index contributed by atoms with van der Waals surface area (Å²) in [4.78, 5) is 3.89. The molecule has 7 nitrogen and oxygen atoms in total. The molecule has 1 atom stereocenters. The monoisotopic (exact) mass is 509 g/mol. The number of methoxy groups -OCH3 is 1. The lowest BCUT2D eigenvalue weighted by Crippen LogP contribution is -2.49. The summed E-state index contributed by atoms with van der Waals surface area (Å²) >= 11 is 0. The van der Waals surface area contributed by atoms with Gasteiger partial charge in [-0.15, -0.1) is 0 Å². The minimum Gasteiger partial charge on any atom is -0.497 e. The second-order valence-corrected chi connectivity index (χ2v) is 9.90. The first kappa shape index (κ1) is 25.1. The smallest absolute Gasteiger partial charge is 0.416 e. The van der Waals surface area contributed by atoms with Crippen molar-refractivity contribution in [2.45, 2.75) is 17.1 Å². The maximum absolute atomic E-state index is 13.0. The van der Waals surface area contributed by atoms with Crippen molar-refractivity contribution >= 4 is 15.7 Å². The van der Waals surface area contributed by atoms with Crippen LogP contribution in [0.5, 0.6) is 5.75 Å². The van der Waals surface area contributed by atoms with Gasteiger partial charge in [-0.25, -0.2) is 13.1 Å². The highest BCUT2D eigenvalue weighted by atomic mass is 32.2. The van der Waals surface area contributed by atoms with E-state index < -0.39 is 32.7 Å². The van der Waals surface area contributed by atoms with Crippen LogP contribution in [0.1, 0.15) is 17.4 Å². The third-order valence-corrected chi connectivity index (χ3v) is 7.42. The number of furan rings is 1. The number of sulfonamides is 1. The third-order valence-electron chi connectivity index (χ3n) is 6.00. The van der Waals surface area contributed by atoms with Gasteiger partial charge in [0.1, 0.15) is 11.5 Å². The molecular weight excluding hydrogens is 483 g/mol. The normalized spacial score (nSPS) is 16.3. The third kappa shape index (κ3) is 5.98. The molecule has 35 heavy (non-hydrogen) atoms. The molecule has 1 aromatic heterocycles. The number of hydrogen-bond donors (Lipinski definition) is 1. The van der Waals surface area contributed by atoms with E-state index in [1.165, 1.54) is 6.26 Å². The molecule has 3 aromatic rings. The molecule has 4 rings (SSSR count). The molecule has 1 N–H and O–H groups in total. The van der Waals surface area contributed by atoms with E-state index in [-0.39, 0.29) is 6.54 Å². The van der Waals surface area contributed by atoms with E-state index in [1.807, 2.05) is 24.3 Å². The van der Waals surface area contributed by atoms with Crippen molar-refractivity contribution in [2.24, 2.45) is 0 Å². The van der Waals surface area contributed by atoms with Gasteiger partial charge in [-0.05, 0) is 54.6 Å². The molecule has 1 aliphatic heterocycles. The summed E-state index contributed by atoms with van der Waals surface area (Å²) in [6, 6.07) is 14.5. The van der Waals surface area contributed by atoms with Gasteiger partial charge in [-0.1, -0.05) is 6.07 Å². The Hall–Kier alpha value is -3.02. The fourth-order valence-electron chi connectivity index (χ4n) is 4.09. The predicted molar refractivity (Wildman–Crippen MR) is 125 cm³/mol. The molecule has 0 saturated carbocycles. The lowest BCUT2D eigenvalue weighted by molar-refractivity contribution is -0.137. The summed E-state index contributed by atoms with van der Waals surface area (Å²) in [5, 5.41) is 0. The minimum absolute atomic E-state index is 0.0470. The van der Waals surface area contributed by atoms with E-state index >= 15 is 0 Å². The molecule has 0 amide bonds. The van der Waals surface area contributed by atoms with Crippen LogP contribution in [0.4, 0.5) is 18.9 Å². The molecule has 1 fully saturated rings. The van der Waals surface area contributed by atoms with Gasteiger partial charge in [-0.2, -0.15) is 13.2 Å². The van der Waals surface area contributed by atoms with Gasteiger partial charge in [0, 0.05) is 38.4 Å². The Morgan fingerprint density at radius 3 is 2.34 bits per heavy atom. The van der Waals surface area contributed by atoms with E-state index in [9.17, 15) is 21.6 Å². The van der Waals surface area contributed by atoms with E-state index in [1.54, 1.807) is 19.2 Å². The predicted octanol–water partition coefficient (Wildman–Crippen LogP) is 4.15. The molecule has 0 bridgehead atoms. The molecular formula is C24H26F3N3O4S. The van der Waals surface area contributed by atoms with Crippen molar-refractivity contribution in [3.63, 3.8) is 0 Å². The SMILES string of the molecule is COc1ccc(N2CCN(C(CNS(=O)(=O)c3cccc(C(F)(F)F)c3)c3ccco3)CC2)cc1. The van der Waals surface area contributed by atoms with Crippen LogP contribution in [0.15, 0.2) is 76.2 Å². The fraction of sp³-hybridized carbons (Fsp3) is 0.333. The Balaban J connectivity index is 1.45. The van der Waals surface area contributed by atoms with Gasteiger partial charge >= 0.3 is 6.18 Å². The van der Waals surface area contributed by atoms with Crippen LogP contribution < -0.4 is 14.4 Å². The van der Waals surface area contributed by atoms with E-state index in [2.05, 4.69) is 14.5 Å². The van der Waals surface area contributed by atoms with Crippen LogP contribution in [0, 0.1) is 0 Å². The number of piperazine rings is 1. The maximum atomic E-state index is 13.0. The van der Waals surface area contributed by atoms with Crippen LogP contribution >= 0.6 is 0 Å². The first-order chi connectivity index (χ1) is 16.7. The van der Waals surface area contributed by atoms with Crippen LogP contribution in [-0.4, -0.2) is 53.2 Å². The molecule has 1 unspecified atom stereocenters. The molecule has 188 valence electrons. The molecule has 1 saturated heterocycles. The average molecular weight is 510 g/mol. The van der Waals surface area contributed by atoms with Gasteiger partial charge in [0.15, 0.2) is 0 Å². The van der Waals surface area contributed by atoms with Crippen molar-refractivity contribution in [3.8, 4) is 5.75 Å². The highest BCUT2D eigenvalue weighted by Crippen LogP contribution is 2.31. The highest BCUT2D eigenvalue weighted by Gasteiger charge is 2.32. The number of ether oxygens (including phenoxy) is 1. The first-order valence-corrected chi connectivity index (χ1v) is 12.5. The van der Waals surface area contributed by atoms with Crippen molar-refractivity contribution < 1.29 is 30.7 Å².